The number of halogens is 1. The average Bonchev–Trinajstić information content (AvgIpc) is 2.58. The standard InChI is InChI=1S/C19H27FN2O2/c20-17-7-3-2-6-16(17)14-18(23)22-12-10-21(11-13-22)15-19(24)8-4-1-5-9-19/h2-3,6-7,24H,1,4-5,8-15H2. The van der Waals surface area contributed by atoms with Crippen LogP contribution in [0.2, 0.25) is 0 Å². The highest BCUT2D eigenvalue weighted by atomic mass is 19.1. The lowest BCUT2D eigenvalue weighted by Crippen LogP contribution is -2.53. The van der Waals surface area contributed by atoms with Crippen molar-refractivity contribution in [1.82, 2.24) is 9.80 Å². The minimum atomic E-state index is -0.544. The van der Waals surface area contributed by atoms with Crippen molar-refractivity contribution in [2.75, 3.05) is 32.7 Å². The van der Waals surface area contributed by atoms with E-state index < -0.39 is 5.60 Å². The van der Waals surface area contributed by atoms with Crippen molar-refractivity contribution in [3.63, 3.8) is 0 Å². The topological polar surface area (TPSA) is 43.8 Å². The summed E-state index contributed by atoms with van der Waals surface area (Å²) in [5, 5.41) is 10.7. The molecule has 132 valence electrons. The number of piperazine rings is 1. The predicted octanol–water partition coefficient (Wildman–Crippen LogP) is 2.21. The van der Waals surface area contributed by atoms with Crippen LogP contribution in [-0.4, -0.2) is 59.1 Å². The normalized spacial score (nSPS) is 21.7. The van der Waals surface area contributed by atoms with Crippen LogP contribution in [-0.2, 0) is 11.2 Å². The second-order valence-electron chi connectivity index (χ2n) is 7.21. The molecule has 1 amide bonds. The highest BCUT2D eigenvalue weighted by molar-refractivity contribution is 5.79. The van der Waals surface area contributed by atoms with Crippen LogP contribution in [0.15, 0.2) is 24.3 Å². The maximum absolute atomic E-state index is 13.7. The van der Waals surface area contributed by atoms with E-state index in [0.29, 0.717) is 25.2 Å². The zero-order chi connectivity index (χ0) is 17.0. The van der Waals surface area contributed by atoms with Gasteiger partial charge in [-0.25, -0.2) is 4.39 Å². The SMILES string of the molecule is O=C(Cc1ccccc1F)N1CCN(CC2(O)CCCCC2)CC1. The van der Waals surface area contributed by atoms with Crippen molar-refractivity contribution in [2.45, 2.75) is 44.1 Å². The van der Waals surface area contributed by atoms with E-state index in [-0.39, 0.29) is 18.1 Å². The molecule has 0 bridgehead atoms. The van der Waals surface area contributed by atoms with Gasteiger partial charge in [0.1, 0.15) is 5.82 Å². The lowest BCUT2D eigenvalue weighted by atomic mass is 9.84. The van der Waals surface area contributed by atoms with E-state index in [1.54, 1.807) is 18.2 Å². The van der Waals surface area contributed by atoms with Gasteiger partial charge in [-0.2, -0.15) is 0 Å². The fraction of sp³-hybridized carbons (Fsp3) is 0.632. The number of hydrogen-bond acceptors (Lipinski definition) is 3. The molecule has 1 saturated carbocycles. The van der Waals surface area contributed by atoms with Crippen molar-refractivity contribution in [3.05, 3.63) is 35.6 Å². The Kier molecular flexibility index (Phi) is 5.51. The zero-order valence-electron chi connectivity index (χ0n) is 14.2. The van der Waals surface area contributed by atoms with Crippen LogP contribution in [0.5, 0.6) is 0 Å². The quantitative estimate of drug-likeness (QED) is 0.918. The van der Waals surface area contributed by atoms with Gasteiger partial charge in [-0.3, -0.25) is 9.69 Å². The van der Waals surface area contributed by atoms with Crippen molar-refractivity contribution < 1.29 is 14.3 Å². The van der Waals surface area contributed by atoms with Crippen molar-refractivity contribution in [3.8, 4) is 0 Å². The first-order valence-corrected chi connectivity index (χ1v) is 9.02. The molecule has 24 heavy (non-hydrogen) atoms. The lowest BCUT2D eigenvalue weighted by Gasteiger charge is -2.41. The van der Waals surface area contributed by atoms with Crippen molar-refractivity contribution >= 4 is 5.91 Å². The minimum Gasteiger partial charge on any atom is -0.389 e. The summed E-state index contributed by atoms with van der Waals surface area (Å²) < 4.78 is 13.7. The van der Waals surface area contributed by atoms with Crippen molar-refractivity contribution in [2.24, 2.45) is 0 Å². The summed E-state index contributed by atoms with van der Waals surface area (Å²) in [6.45, 7) is 3.59. The number of nitrogens with zero attached hydrogens (tertiary/aromatic N) is 2. The molecule has 1 aromatic rings. The summed E-state index contributed by atoms with van der Waals surface area (Å²) in [5.41, 5.74) is -0.0844. The van der Waals surface area contributed by atoms with Crippen LogP contribution < -0.4 is 0 Å². The van der Waals surface area contributed by atoms with Crippen molar-refractivity contribution in [1.29, 1.82) is 0 Å². The highest BCUT2D eigenvalue weighted by Gasteiger charge is 2.32. The summed E-state index contributed by atoms with van der Waals surface area (Å²) in [7, 11) is 0. The smallest absolute Gasteiger partial charge is 0.227 e. The molecule has 0 atom stereocenters. The summed E-state index contributed by atoms with van der Waals surface area (Å²) >= 11 is 0. The van der Waals surface area contributed by atoms with Crippen LogP contribution in [0, 0.1) is 5.82 Å². The van der Waals surface area contributed by atoms with Gasteiger partial charge in [0.05, 0.1) is 12.0 Å². The van der Waals surface area contributed by atoms with Crippen LogP contribution >= 0.6 is 0 Å². The Bertz CT molecular complexity index is 564. The summed E-state index contributed by atoms with van der Waals surface area (Å²) in [5.74, 6) is -0.333. The van der Waals surface area contributed by atoms with Gasteiger partial charge in [0.2, 0.25) is 5.91 Å². The maximum atomic E-state index is 13.7. The second kappa shape index (κ2) is 7.62. The van der Waals surface area contributed by atoms with Crippen LogP contribution in [0.1, 0.15) is 37.7 Å². The molecular formula is C19H27FN2O2. The molecule has 1 N–H and O–H groups in total. The first kappa shape index (κ1) is 17.4. The Labute approximate surface area is 143 Å². The third-order valence-corrected chi connectivity index (χ3v) is 5.33. The Hall–Kier alpha value is -1.46. The molecule has 1 heterocycles. The number of aliphatic hydroxyl groups is 1. The molecule has 2 fully saturated rings. The Morgan fingerprint density at radius 1 is 1.08 bits per heavy atom. The van der Waals surface area contributed by atoms with Gasteiger partial charge in [-0.05, 0) is 24.5 Å². The molecular weight excluding hydrogens is 307 g/mol. The monoisotopic (exact) mass is 334 g/mol. The van der Waals surface area contributed by atoms with E-state index in [1.165, 1.54) is 12.5 Å². The van der Waals surface area contributed by atoms with Crippen LogP contribution in [0.3, 0.4) is 0 Å². The minimum absolute atomic E-state index is 0.0175. The number of β-amino-alcohol motifs (C(OH)–C–C–N with tert-alkyl or cyclic N) is 1. The highest BCUT2D eigenvalue weighted by Crippen LogP contribution is 2.29. The van der Waals surface area contributed by atoms with E-state index in [0.717, 1.165) is 38.8 Å². The fourth-order valence-corrected chi connectivity index (χ4v) is 3.86. The lowest BCUT2D eigenvalue weighted by molar-refractivity contribution is -0.132. The first-order valence-electron chi connectivity index (χ1n) is 9.02. The largest absolute Gasteiger partial charge is 0.389 e. The van der Waals surface area contributed by atoms with Crippen LogP contribution in [0.25, 0.3) is 0 Å². The summed E-state index contributed by atoms with van der Waals surface area (Å²) in [4.78, 5) is 16.4. The first-order chi connectivity index (χ1) is 11.6. The van der Waals surface area contributed by atoms with Gasteiger partial charge in [0, 0.05) is 32.7 Å². The third kappa shape index (κ3) is 4.33. The molecule has 0 spiro atoms. The number of hydrogen-bond donors (Lipinski definition) is 1. The second-order valence-corrected chi connectivity index (χ2v) is 7.21. The van der Waals surface area contributed by atoms with E-state index in [9.17, 15) is 14.3 Å². The molecule has 1 aliphatic heterocycles. The Balaban J connectivity index is 1.48. The molecule has 0 radical (unpaired) electrons. The van der Waals surface area contributed by atoms with Gasteiger partial charge < -0.3 is 10.0 Å². The van der Waals surface area contributed by atoms with Gasteiger partial charge in [0.25, 0.3) is 0 Å². The molecule has 5 heteroatoms. The number of carbonyl (C=O) groups excluding carboxylic acids is 1. The summed E-state index contributed by atoms with van der Waals surface area (Å²) in [6.07, 6.45) is 5.34. The van der Waals surface area contributed by atoms with E-state index >= 15 is 0 Å². The molecule has 1 saturated heterocycles. The molecule has 4 nitrogen and oxygen atoms in total. The van der Waals surface area contributed by atoms with Gasteiger partial charge >= 0.3 is 0 Å². The molecule has 1 aliphatic carbocycles. The maximum Gasteiger partial charge on any atom is 0.227 e. The molecule has 3 rings (SSSR count). The van der Waals surface area contributed by atoms with E-state index in [1.807, 2.05) is 4.90 Å². The Morgan fingerprint density at radius 3 is 2.42 bits per heavy atom. The number of rotatable bonds is 4. The predicted molar refractivity (Wildman–Crippen MR) is 91.2 cm³/mol. The molecule has 2 aliphatic rings. The number of amides is 1. The van der Waals surface area contributed by atoms with Gasteiger partial charge in [-0.15, -0.1) is 0 Å². The summed E-state index contributed by atoms with van der Waals surface area (Å²) in [6, 6.07) is 6.46. The number of benzene rings is 1. The van der Waals surface area contributed by atoms with E-state index in [2.05, 4.69) is 4.90 Å². The van der Waals surface area contributed by atoms with Crippen LogP contribution in [0.4, 0.5) is 4.39 Å². The Morgan fingerprint density at radius 2 is 1.75 bits per heavy atom. The van der Waals surface area contributed by atoms with E-state index in [4.69, 9.17) is 0 Å². The fourth-order valence-electron chi connectivity index (χ4n) is 3.86. The molecule has 0 unspecified atom stereocenters. The molecule has 0 aromatic heterocycles. The number of carbonyl (C=O) groups is 1. The van der Waals surface area contributed by atoms with Gasteiger partial charge in [-0.1, -0.05) is 37.5 Å². The molecule has 1 aromatic carbocycles. The third-order valence-electron chi connectivity index (χ3n) is 5.33. The average molecular weight is 334 g/mol. The zero-order valence-corrected chi connectivity index (χ0v) is 14.2. The van der Waals surface area contributed by atoms with Gasteiger partial charge in [0.15, 0.2) is 0 Å².